The smallest absolute Gasteiger partial charge is 0.242 e. The van der Waals surface area contributed by atoms with Crippen LogP contribution in [0.5, 0.6) is 0 Å². The zero-order chi connectivity index (χ0) is 24.9. The van der Waals surface area contributed by atoms with Gasteiger partial charge in [0.1, 0.15) is 18.2 Å². The number of amides is 1. The molecule has 0 saturated heterocycles. The molecule has 0 aliphatic carbocycles. The minimum Gasteiger partial charge on any atom is -0.360 e. The molecule has 4 aromatic rings. The molecule has 1 aliphatic rings. The van der Waals surface area contributed by atoms with Gasteiger partial charge < -0.3 is 10.2 Å². The number of rotatable bonds is 4. The number of anilines is 2. The molecule has 168 valence electrons. The maximum atomic E-state index is 15.1. The fraction of sp³-hybridized carbons (Fsp3) is 0.217. The van der Waals surface area contributed by atoms with Crippen molar-refractivity contribution in [2.75, 3.05) is 11.9 Å². The lowest BCUT2D eigenvalue weighted by molar-refractivity contribution is -0.131. The van der Waals surface area contributed by atoms with Crippen molar-refractivity contribution in [1.29, 1.82) is 0 Å². The molecule has 0 saturated carbocycles. The third-order valence-electron chi connectivity index (χ3n) is 6.00. The van der Waals surface area contributed by atoms with Crippen LogP contribution in [0.3, 0.4) is 0 Å². The molecule has 5 rings (SSSR count). The van der Waals surface area contributed by atoms with Gasteiger partial charge in [0, 0.05) is 59.8 Å². The highest BCUT2D eigenvalue weighted by molar-refractivity contribution is 6.59. The summed E-state index contributed by atoms with van der Waals surface area (Å²) in [5.74, 6) is 0.139. The second kappa shape index (κ2) is 8.71. The molecule has 1 N–H and O–H groups in total. The van der Waals surface area contributed by atoms with Crippen LogP contribution in [0.4, 0.5) is 16.0 Å². The summed E-state index contributed by atoms with van der Waals surface area (Å²) in [7, 11) is 17.1. The number of pyridine rings is 2. The maximum Gasteiger partial charge on any atom is 0.242 e. The highest BCUT2D eigenvalue weighted by Gasteiger charge is 2.29. The average Bonchev–Trinajstić information content (AvgIpc) is 3.08. The molecule has 12 heteroatoms. The molecule has 0 fully saturated rings. The zero-order valence-electron chi connectivity index (χ0n) is 18.8. The minimum absolute atomic E-state index is 0.00707. The Labute approximate surface area is 210 Å². The van der Waals surface area contributed by atoms with E-state index >= 15 is 4.39 Å². The summed E-state index contributed by atoms with van der Waals surface area (Å²) >= 11 is 6.35. The van der Waals surface area contributed by atoms with Crippen LogP contribution >= 0.6 is 11.6 Å². The zero-order valence-corrected chi connectivity index (χ0v) is 19.6. The number of carbonyl (C=O) groups is 1. The Kier molecular flexibility index (Phi) is 5.83. The van der Waals surface area contributed by atoms with E-state index in [-0.39, 0.29) is 24.0 Å². The summed E-state index contributed by atoms with van der Waals surface area (Å²) in [6.07, 6.45) is 5.25. The fourth-order valence-electron chi connectivity index (χ4n) is 4.20. The third kappa shape index (κ3) is 4.40. The van der Waals surface area contributed by atoms with Crippen LogP contribution in [0.1, 0.15) is 11.3 Å². The van der Waals surface area contributed by atoms with Gasteiger partial charge in [0.15, 0.2) is 5.82 Å². The summed E-state index contributed by atoms with van der Waals surface area (Å²) < 4.78 is 16.6. The Hall–Kier alpha value is -3.33. The predicted molar refractivity (Wildman–Crippen MR) is 136 cm³/mol. The van der Waals surface area contributed by atoms with Crippen LogP contribution in [0, 0.1) is 12.7 Å². The normalized spacial score (nSPS) is 14.1. The molecule has 0 bridgehead atoms. The van der Waals surface area contributed by atoms with Gasteiger partial charge in [-0.25, -0.2) is 9.37 Å². The summed E-state index contributed by atoms with van der Waals surface area (Å²) in [5.41, 5.74) is 2.71. The van der Waals surface area contributed by atoms with E-state index < -0.39 is 11.1 Å². The first-order chi connectivity index (χ1) is 16.6. The summed E-state index contributed by atoms with van der Waals surface area (Å²) in [4.78, 5) is 22.2. The van der Waals surface area contributed by atoms with Gasteiger partial charge in [-0.3, -0.25) is 14.5 Å². The largest absolute Gasteiger partial charge is 0.360 e. The molecule has 1 aromatic carbocycles. The first-order valence-corrected chi connectivity index (χ1v) is 11.2. The van der Waals surface area contributed by atoms with Crippen LogP contribution < -0.4 is 5.32 Å². The van der Waals surface area contributed by atoms with Crippen molar-refractivity contribution in [3.05, 3.63) is 65.0 Å². The van der Waals surface area contributed by atoms with Crippen LogP contribution in [0.25, 0.3) is 21.9 Å². The van der Waals surface area contributed by atoms with Crippen molar-refractivity contribution in [2.45, 2.75) is 25.1 Å². The van der Waals surface area contributed by atoms with Crippen LogP contribution in [-0.4, -0.2) is 65.9 Å². The topological polar surface area (TPSA) is 75.9 Å². The molecule has 0 unspecified atom stereocenters. The second-order valence-electron chi connectivity index (χ2n) is 8.52. The van der Waals surface area contributed by atoms with Crippen LogP contribution in [0.15, 0.2) is 42.9 Å². The van der Waals surface area contributed by atoms with E-state index in [4.69, 9.17) is 35.1 Å². The Morgan fingerprint density at radius 2 is 1.94 bits per heavy atom. The van der Waals surface area contributed by atoms with E-state index in [2.05, 4.69) is 20.4 Å². The molecule has 35 heavy (non-hydrogen) atoms. The van der Waals surface area contributed by atoms with Crippen LogP contribution in [0.2, 0.25) is 5.02 Å². The number of fused-ring (bicyclic) bond motifs is 2. The lowest BCUT2D eigenvalue weighted by atomic mass is 9.48. The van der Waals surface area contributed by atoms with E-state index in [1.54, 1.807) is 29.2 Å². The Morgan fingerprint density at radius 3 is 2.69 bits per heavy atom. The number of aryl methyl sites for hydroxylation is 1. The van der Waals surface area contributed by atoms with Gasteiger partial charge in [0.2, 0.25) is 5.91 Å². The first-order valence-electron chi connectivity index (χ1n) is 10.8. The first kappa shape index (κ1) is 23.4. The lowest BCUT2D eigenvalue weighted by Gasteiger charge is -2.36. The van der Waals surface area contributed by atoms with E-state index in [0.29, 0.717) is 40.0 Å². The molecular weight excluding hydrogens is 463 g/mol. The molecule has 7 nitrogen and oxygen atoms in total. The molecule has 1 amide bonds. The van der Waals surface area contributed by atoms with Crippen molar-refractivity contribution < 1.29 is 9.18 Å². The average molecular weight is 480 g/mol. The van der Waals surface area contributed by atoms with Crippen molar-refractivity contribution in [2.24, 2.45) is 0 Å². The highest BCUT2D eigenvalue weighted by Crippen LogP contribution is 2.36. The predicted octanol–water partition coefficient (Wildman–Crippen LogP) is 2.84. The molecule has 3 aromatic heterocycles. The lowest BCUT2D eigenvalue weighted by Crippen LogP contribution is -2.54. The number of nitrogens with one attached hydrogen (secondary N) is 1. The summed E-state index contributed by atoms with van der Waals surface area (Å²) in [5, 5.41) is 7.05. The third-order valence-corrected chi connectivity index (χ3v) is 6.36. The number of hydrogen-bond donors (Lipinski definition) is 1. The molecule has 1 aliphatic heterocycles. The minimum atomic E-state index is -1.73. The van der Waals surface area contributed by atoms with E-state index in [1.807, 2.05) is 19.1 Å². The summed E-state index contributed by atoms with van der Waals surface area (Å²) in [6.45, 7) is 2.11. The number of aromatic nitrogens is 4. The van der Waals surface area contributed by atoms with Gasteiger partial charge in [-0.05, 0) is 36.1 Å². The maximum absolute atomic E-state index is 15.1. The van der Waals surface area contributed by atoms with Gasteiger partial charge in [-0.1, -0.05) is 16.8 Å². The Balaban J connectivity index is 1.45. The van der Waals surface area contributed by atoms with Crippen molar-refractivity contribution in [1.82, 2.24) is 24.6 Å². The SMILES string of the molecule is [B]C([B])([B])N1CCc2cc(Nc3cc4cc(-c5cnccc5C)c(F)c(Cl)c4cn3)nn2CC1=O. The number of carbonyl (C=O) groups excluding carboxylic acids is 1. The molecule has 0 atom stereocenters. The number of halogens is 2. The number of hydrogen-bond acceptors (Lipinski definition) is 5. The molecule has 4 heterocycles. The van der Waals surface area contributed by atoms with Gasteiger partial charge >= 0.3 is 0 Å². The van der Waals surface area contributed by atoms with Crippen LogP contribution in [-0.2, 0) is 17.8 Å². The quantitative estimate of drug-likeness (QED) is 0.455. The van der Waals surface area contributed by atoms with E-state index in [9.17, 15) is 4.79 Å². The Bertz CT molecular complexity index is 1470. The molecule has 0 spiro atoms. The van der Waals surface area contributed by atoms with E-state index in [1.165, 1.54) is 11.1 Å². The van der Waals surface area contributed by atoms with Gasteiger partial charge in [0.25, 0.3) is 0 Å². The highest BCUT2D eigenvalue weighted by atomic mass is 35.5. The van der Waals surface area contributed by atoms with E-state index in [0.717, 1.165) is 11.3 Å². The van der Waals surface area contributed by atoms with Crippen molar-refractivity contribution in [3.63, 3.8) is 0 Å². The van der Waals surface area contributed by atoms with Gasteiger partial charge in [-0.2, -0.15) is 5.10 Å². The van der Waals surface area contributed by atoms with Crippen molar-refractivity contribution in [3.8, 4) is 11.1 Å². The Morgan fingerprint density at radius 1 is 1.14 bits per heavy atom. The van der Waals surface area contributed by atoms with Gasteiger partial charge in [0.05, 0.1) is 28.6 Å². The van der Waals surface area contributed by atoms with Crippen molar-refractivity contribution >= 4 is 63.5 Å². The fourth-order valence-corrected chi connectivity index (χ4v) is 4.46. The number of nitrogens with zero attached hydrogens (tertiary/aromatic N) is 5. The number of benzene rings is 1. The monoisotopic (exact) mass is 480 g/mol. The summed E-state index contributed by atoms with van der Waals surface area (Å²) in [6, 6.07) is 7.12. The molecular formula is C23H17B3ClFN6O. The standard InChI is InChI=1S/C23H17B3ClFN6O/c1-12-2-4-29-9-16(12)15-6-13-7-18(30-10-17(13)21(27)22(15)28)31-19-8-14-3-5-33(23(24,25)26)20(35)11-34(14)32-19/h2,4,6-10H,3,5,11H2,1H3,(H,30,31,32). The second-order valence-corrected chi connectivity index (χ2v) is 8.90. The molecule has 6 radical (unpaired) electrons. The van der Waals surface area contributed by atoms with Gasteiger partial charge in [-0.15, -0.1) is 0 Å².